The second kappa shape index (κ2) is 6.46. The van der Waals surface area contributed by atoms with Crippen LogP contribution in [0.3, 0.4) is 0 Å². The van der Waals surface area contributed by atoms with Gasteiger partial charge < -0.3 is 5.32 Å². The first-order chi connectivity index (χ1) is 6.43. The molecule has 0 aliphatic rings. The quantitative estimate of drug-likeness (QED) is 0.677. The summed E-state index contributed by atoms with van der Waals surface area (Å²) >= 11 is 0. The molecule has 72 valence electrons. The Kier molecular flexibility index (Phi) is 4.99. The van der Waals surface area contributed by atoms with Crippen LogP contribution in [0.1, 0.15) is 32.6 Å². The smallest absolute Gasteiger partial charge is 0.0526 e. The van der Waals surface area contributed by atoms with Crippen molar-refractivity contribution in [3.63, 3.8) is 0 Å². The Balaban J connectivity index is 2.07. The van der Waals surface area contributed by atoms with Gasteiger partial charge in [0.05, 0.1) is 5.69 Å². The summed E-state index contributed by atoms with van der Waals surface area (Å²) in [5, 5.41) is 3.34. The molecular weight excluding hydrogens is 160 g/mol. The Morgan fingerprint density at radius 1 is 1.31 bits per heavy atom. The first kappa shape index (κ1) is 10.0. The van der Waals surface area contributed by atoms with Crippen molar-refractivity contribution in [1.82, 2.24) is 4.98 Å². The van der Waals surface area contributed by atoms with Gasteiger partial charge in [-0.05, 0) is 18.6 Å². The fraction of sp³-hybridized carbons (Fsp3) is 0.545. The fourth-order valence-electron chi connectivity index (χ4n) is 1.25. The third-order valence-electron chi connectivity index (χ3n) is 2.02. The summed E-state index contributed by atoms with van der Waals surface area (Å²) in [7, 11) is 0. The van der Waals surface area contributed by atoms with Crippen molar-refractivity contribution < 1.29 is 0 Å². The average Bonchev–Trinajstić information content (AvgIpc) is 2.19. The van der Waals surface area contributed by atoms with Crippen LogP contribution in [0.25, 0.3) is 0 Å². The maximum absolute atomic E-state index is 4.04. The average molecular weight is 178 g/mol. The molecule has 2 nitrogen and oxygen atoms in total. The van der Waals surface area contributed by atoms with Gasteiger partial charge in [0, 0.05) is 18.9 Å². The lowest BCUT2D eigenvalue weighted by molar-refractivity contribution is 0.685. The molecule has 0 aliphatic carbocycles. The van der Waals surface area contributed by atoms with E-state index in [0.717, 1.165) is 12.2 Å². The summed E-state index contributed by atoms with van der Waals surface area (Å²) in [6.07, 6.45) is 8.87. The monoisotopic (exact) mass is 178 g/mol. The van der Waals surface area contributed by atoms with Gasteiger partial charge in [0.25, 0.3) is 0 Å². The van der Waals surface area contributed by atoms with Gasteiger partial charge in [-0.1, -0.05) is 26.2 Å². The second-order valence-electron chi connectivity index (χ2n) is 3.23. The SMILES string of the molecule is CCCCCCNc1cccnc1. The number of rotatable bonds is 6. The van der Waals surface area contributed by atoms with Crippen LogP contribution < -0.4 is 5.32 Å². The summed E-state index contributed by atoms with van der Waals surface area (Å²) < 4.78 is 0. The maximum atomic E-state index is 4.04. The van der Waals surface area contributed by atoms with Crippen molar-refractivity contribution in [2.45, 2.75) is 32.6 Å². The third-order valence-corrected chi connectivity index (χ3v) is 2.02. The molecule has 1 heterocycles. The van der Waals surface area contributed by atoms with Crippen LogP contribution >= 0.6 is 0 Å². The van der Waals surface area contributed by atoms with Gasteiger partial charge in [0.2, 0.25) is 0 Å². The number of unbranched alkanes of at least 4 members (excludes halogenated alkanes) is 3. The Morgan fingerprint density at radius 3 is 2.92 bits per heavy atom. The van der Waals surface area contributed by atoms with Crippen LogP contribution in [0, 0.1) is 0 Å². The van der Waals surface area contributed by atoms with Crippen molar-refractivity contribution >= 4 is 5.69 Å². The van der Waals surface area contributed by atoms with Crippen molar-refractivity contribution in [2.24, 2.45) is 0 Å². The maximum Gasteiger partial charge on any atom is 0.0526 e. The Hall–Kier alpha value is -1.05. The molecule has 1 aromatic heterocycles. The van der Waals surface area contributed by atoms with E-state index in [1.165, 1.54) is 25.7 Å². The highest BCUT2D eigenvalue weighted by Crippen LogP contribution is 2.04. The van der Waals surface area contributed by atoms with Crippen molar-refractivity contribution in [3.8, 4) is 0 Å². The van der Waals surface area contributed by atoms with Crippen LogP contribution in [0.4, 0.5) is 5.69 Å². The van der Waals surface area contributed by atoms with Gasteiger partial charge in [-0.25, -0.2) is 0 Å². The lowest BCUT2D eigenvalue weighted by Gasteiger charge is -2.04. The molecule has 0 amide bonds. The van der Waals surface area contributed by atoms with Crippen LogP contribution in [-0.2, 0) is 0 Å². The van der Waals surface area contributed by atoms with Crippen LogP contribution in [0.2, 0.25) is 0 Å². The van der Waals surface area contributed by atoms with Crippen LogP contribution in [-0.4, -0.2) is 11.5 Å². The second-order valence-corrected chi connectivity index (χ2v) is 3.23. The van der Waals surface area contributed by atoms with Gasteiger partial charge in [-0.15, -0.1) is 0 Å². The number of hydrogen-bond acceptors (Lipinski definition) is 2. The molecule has 1 rings (SSSR count). The van der Waals surface area contributed by atoms with Gasteiger partial charge in [0.1, 0.15) is 0 Å². The van der Waals surface area contributed by atoms with Crippen molar-refractivity contribution in [1.29, 1.82) is 0 Å². The van der Waals surface area contributed by atoms with E-state index in [0.29, 0.717) is 0 Å². The molecule has 1 aromatic rings. The molecule has 0 spiro atoms. The zero-order valence-corrected chi connectivity index (χ0v) is 8.29. The van der Waals surface area contributed by atoms with E-state index < -0.39 is 0 Å². The minimum absolute atomic E-state index is 1.06. The molecule has 0 saturated heterocycles. The van der Waals surface area contributed by atoms with Crippen LogP contribution in [0.5, 0.6) is 0 Å². The van der Waals surface area contributed by atoms with E-state index >= 15 is 0 Å². The van der Waals surface area contributed by atoms with E-state index in [9.17, 15) is 0 Å². The molecular formula is C11H18N2. The standard InChI is InChI=1S/C11H18N2/c1-2-3-4-5-9-13-11-7-6-8-12-10-11/h6-8,10,13H,2-5,9H2,1H3. The predicted molar refractivity (Wildman–Crippen MR) is 56.9 cm³/mol. The van der Waals surface area contributed by atoms with E-state index in [-0.39, 0.29) is 0 Å². The van der Waals surface area contributed by atoms with Gasteiger partial charge >= 0.3 is 0 Å². The van der Waals surface area contributed by atoms with E-state index in [1.807, 2.05) is 18.3 Å². The Bertz CT molecular complexity index is 209. The molecule has 2 heteroatoms. The molecule has 0 unspecified atom stereocenters. The number of nitrogens with one attached hydrogen (secondary N) is 1. The summed E-state index contributed by atoms with van der Waals surface area (Å²) in [6, 6.07) is 4.00. The molecule has 0 bridgehead atoms. The highest BCUT2D eigenvalue weighted by Gasteiger charge is 1.89. The molecule has 0 aliphatic heterocycles. The van der Waals surface area contributed by atoms with Gasteiger partial charge in [0.15, 0.2) is 0 Å². The van der Waals surface area contributed by atoms with Crippen molar-refractivity contribution in [3.05, 3.63) is 24.5 Å². The first-order valence-electron chi connectivity index (χ1n) is 5.07. The Labute approximate surface area is 80.4 Å². The fourth-order valence-corrected chi connectivity index (χ4v) is 1.25. The van der Waals surface area contributed by atoms with E-state index in [4.69, 9.17) is 0 Å². The predicted octanol–water partition coefficient (Wildman–Crippen LogP) is 3.07. The number of anilines is 1. The van der Waals surface area contributed by atoms with E-state index in [2.05, 4.69) is 17.2 Å². The summed E-state index contributed by atoms with van der Waals surface area (Å²) in [6.45, 7) is 3.29. The molecule has 0 fully saturated rings. The normalized spacial score (nSPS) is 9.92. The first-order valence-corrected chi connectivity index (χ1v) is 5.07. The third kappa shape index (κ3) is 4.51. The largest absolute Gasteiger partial charge is 0.384 e. The van der Waals surface area contributed by atoms with Gasteiger partial charge in [-0.2, -0.15) is 0 Å². The highest BCUT2D eigenvalue weighted by atomic mass is 14.9. The highest BCUT2D eigenvalue weighted by molar-refractivity contribution is 5.39. The van der Waals surface area contributed by atoms with Gasteiger partial charge in [-0.3, -0.25) is 4.98 Å². The molecule has 13 heavy (non-hydrogen) atoms. The Morgan fingerprint density at radius 2 is 2.23 bits per heavy atom. The van der Waals surface area contributed by atoms with Crippen molar-refractivity contribution in [2.75, 3.05) is 11.9 Å². The number of hydrogen-bond donors (Lipinski definition) is 1. The zero-order chi connectivity index (χ0) is 9.36. The molecule has 0 aromatic carbocycles. The minimum atomic E-state index is 1.06. The lowest BCUT2D eigenvalue weighted by Crippen LogP contribution is -2.01. The summed E-state index contributed by atoms with van der Waals surface area (Å²) in [5.74, 6) is 0. The summed E-state index contributed by atoms with van der Waals surface area (Å²) in [4.78, 5) is 4.04. The zero-order valence-electron chi connectivity index (χ0n) is 8.29. The molecule has 1 N–H and O–H groups in total. The molecule has 0 atom stereocenters. The minimum Gasteiger partial charge on any atom is -0.384 e. The number of nitrogens with zero attached hydrogens (tertiary/aromatic N) is 1. The number of aromatic nitrogens is 1. The summed E-state index contributed by atoms with van der Waals surface area (Å²) in [5.41, 5.74) is 1.12. The lowest BCUT2D eigenvalue weighted by atomic mass is 10.2. The van der Waals surface area contributed by atoms with Crippen LogP contribution in [0.15, 0.2) is 24.5 Å². The molecule has 0 radical (unpaired) electrons. The topological polar surface area (TPSA) is 24.9 Å². The van der Waals surface area contributed by atoms with E-state index in [1.54, 1.807) is 6.20 Å². The number of pyridine rings is 1. The molecule has 0 saturated carbocycles.